The summed E-state index contributed by atoms with van der Waals surface area (Å²) in [6.45, 7) is 4.40. The van der Waals surface area contributed by atoms with Gasteiger partial charge in [0.1, 0.15) is 26.0 Å². The third kappa shape index (κ3) is 25.3. The van der Waals surface area contributed by atoms with Crippen molar-refractivity contribution in [2.24, 2.45) is 0 Å². The smallest absolute Gasteiger partial charge is 0.305 e. The number of hydrogen-bond acceptors (Lipinski definition) is 9. The van der Waals surface area contributed by atoms with E-state index < -0.39 is 11.7 Å². The van der Waals surface area contributed by atoms with E-state index in [0.717, 1.165) is 38.5 Å². The number of unbranched alkanes of at least 4 members (excludes halogenated alkanes) is 28. The number of nitrogens with zero attached hydrogens (tertiary/aromatic N) is 3. The second-order valence-electron chi connectivity index (χ2n) is 16.0. The first-order valence-corrected chi connectivity index (χ1v) is 23.1. The van der Waals surface area contributed by atoms with Crippen LogP contribution in [0.1, 0.15) is 219 Å². The van der Waals surface area contributed by atoms with Crippen molar-refractivity contribution in [1.29, 1.82) is 0 Å². The molecule has 11 nitrogen and oxygen atoms in total. The van der Waals surface area contributed by atoms with E-state index in [-0.39, 0.29) is 49.0 Å². The molecule has 322 valence electrons. The van der Waals surface area contributed by atoms with E-state index in [9.17, 15) is 14.4 Å². The van der Waals surface area contributed by atoms with Gasteiger partial charge in [-0.15, -0.1) is 0 Å². The highest BCUT2D eigenvalue weighted by Crippen LogP contribution is 2.16. The standard InChI is InChI=1S/C45H81N5O6/c1-3-5-7-9-11-13-15-17-19-21-23-25-27-29-31-33-40(51)54-35-39(56-38-50-37-47-42-43(50)48-45(46)49-44(42)53)36-55-41(52)34-32-30-28-26-24-22-20-18-16-14-12-10-8-6-4-2/h37,39H,3-36,38H2,1-2H3,(H3,46,48,49,53). The van der Waals surface area contributed by atoms with Crippen LogP contribution in [0.25, 0.3) is 11.2 Å². The van der Waals surface area contributed by atoms with E-state index in [0.29, 0.717) is 12.8 Å². The number of nitrogen functional groups attached to an aromatic ring is 1. The van der Waals surface area contributed by atoms with Crippen LogP contribution in [0.4, 0.5) is 5.95 Å². The highest BCUT2D eigenvalue weighted by Gasteiger charge is 2.18. The van der Waals surface area contributed by atoms with E-state index in [1.807, 2.05) is 0 Å². The molecule has 0 aliphatic rings. The molecule has 0 saturated heterocycles. The van der Waals surface area contributed by atoms with Crippen LogP contribution in [-0.4, -0.2) is 50.8 Å². The highest BCUT2D eigenvalue weighted by atomic mass is 16.6. The van der Waals surface area contributed by atoms with Gasteiger partial charge in [-0.1, -0.05) is 194 Å². The Labute approximate surface area is 339 Å². The molecule has 0 amide bonds. The average molecular weight is 788 g/mol. The molecule has 2 heterocycles. The van der Waals surface area contributed by atoms with Crippen molar-refractivity contribution in [2.45, 2.75) is 232 Å². The van der Waals surface area contributed by atoms with Crippen LogP contribution < -0.4 is 11.3 Å². The number of aromatic nitrogens is 4. The summed E-state index contributed by atoms with van der Waals surface area (Å²) < 4.78 is 18.7. The van der Waals surface area contributed by atoms with Crippen LogP contribution in [0.5, 0.6) is 0 Å². The van der Waals surface area contributed by atoms with Gasteiger partial charge in [-0.25, -0.2) is 4.98 Å². The fourth-order valence-electron chi connectivity index (χ4n) is 7.19. The van der Waals surface area contributed by atoms with Gasteiger partial charge in [-0.2, -0.15) is 4.98 Å². The number of anilines is 1. The van der Waals surface area contributed by atoms with Crippen molar-refractivity contribution in [3.8, 4) is 0 Å². The first kappa shape index (κ1) is 49.2. The Morgan fingerprint density at radius 3 is 1.34 bits per heavy atom. The number of carbonyl (C=O) groups excluding carboxylic acids is 2. The number of hydrogen-bond donors (Lipinski definition) is 2. The number of fused-ring (bicyclic) bond motifs is 1. The molecule has 0 atom stereocenters. The number of nitrogens with two attached hydrogens (primary N) is 1. The van der Waals surface area contributed by atoms with Gasteiger partial charge in [0.15, 0.2) is 11.2 Å². The molecule has 2 aromatic heterocycles. The van der Waals surface area contributed by atoms with E-state index in [4.69, 9.17) is 19.9 Å². The molecule has 0 saturated carbocycles. The summed E-state index contributed by atoms with van der Waals surface area (Å²) in [7, 11) is 0. The van der Waals surface area contributed by atoms with Gasteiger partial charge in [-0.05, 0) is 12.8 Å². The fourth-order valence-corrected chi connectivity index (χ4v) is 7.19. The number of H-pyrrole nitrogens is 1. The lowest BCUT2D eigenvalue weighted by Crippen LogP contribution is -2.29. The first-order valence-electron chi connectivity index (χ1n) is 23.1. The van der Waals surface area contributed by atoms with Crippen molar-refractivity contribution >= 4 is 29.1 Å². The Kier molecular flexibility index (Phi) is 30.0. The predicted octanol–water partition coefficient (Wildman–Crippen LogP) is 11.7. The first-order chi connectivity index (χ1) is 27.4. The molecule has 0 bridgehead atoms. The third-order valence-electron chi connectivity index (χ3n) is 10.8. The molecule has 0 radical (unpaired) electrons. The third-order valence-corrected chi connectivity index (χ3v) is 10.8. The molecular formula is C45H81N5O6. The van der Waals surface area contributed by atoms with Gasteiger partial charge in [-0.3, -0.25) is 23.9 Å². The molecule has 0 aliphatic carbocycles. The molecule has 11 heteroatoms. The van der Waals surface area contributed by atoms with Gasteiger partial charge < -0.3 is 19.9 Å². The zero-order chi connectivity index (χ0) is 40.3. The largest absolute Gasteiger partial charge is 0.463 e. The minimum atomic E-state index is -0.693. The lowest BCUT2D eigenvalue weighted by Gasteiger charge is -2.18. The second kappa shape index (κ2) is 34.1. The zero-order valence-corrected chi connectivity index (χ0v) is 35.8. The molecule has 2 rings (SSSR count). The second-order valence-corrected chi connectivity index (χ2v) is 16.0. The van der Waals surface area contributed by atoms with Crippen molar-refractivity contribution in [1.82, 2.24) is 19.5 Å². The number of imidazole rings is 1. The summed E-state index contributed by atoms with van der Waals surface area (Å²) in [6.07, 6.45) is 39.5. The lowest BCUT2D eigenvalue weighted by atomic mass is 10.0. The number of rotatable bonds is 39. The van der Waals surface area contributed by atoms with E-state index in [1.54, 1.807) is 4.57 Å². The monoisotopic (exact) mass is 788 g/mol. The Morgan fingerprint density at radius 1 is 0.607 bits per heavy atom. The molecule has 0 unspecified atom stereocenters. The molecule has 0 fully saturated rings. The molecule has 56 heavy (non-hydrogen) atoms. The lowest BCUT2D eigenvalue weighted by molar-refractivity contribution is -0.157. The molecule has 0 aliphatic heterocycles. The summed E-state index contributed by atoms with van der Waals surface area (Å²) in [5.74, 6) is -0.598. The summed E-state index contributed by atoms with van der Waals surface area (Å²) >= 11 is 0. The summed E-state index contributed by atoms with van der Waals surface area (Å²) in [4.78, 5) is 48.1. The van der Waals surface area contributed by atoms with Crippen molar-refractivity contribution in [3.05, 3.63) is 16.7 Å². The normalized spacial score (nSPS) is 11.6. The Hall–Kier alpha value is -2.95. The van der Waals surface area contributed by atoms with Crippen LogP contribution in [-0.2, 0) is 30.5 Å². The van der Waals surface area contributed by atoms with Gasteiger partial charge in [0.05, 0.1) is 6.33 Å². The van der Waals surface area contributed by atoms with Crippen LogP contribution in [0.15, 0.2) is 11.1 Å². The van der Waals surface area contributed by atoms with Gasteiger partial charge in [0, 0.05) is 12.8 Å². The minimum absolute atomic E-state index is 0.0266. The number of ether oxygens (including phenoxy) is 3. The van der Waals surface area contributed by atoms with E-state index in [1.165, 1.54) is 160 Å². The Bertz CT molecular complexity index is 1260. The summed E-state index contributed by atoms with van der Waals surface area (Å²) in [5.41, 5.74) is 5.72. The number of nitrogens with one attached hydrogen (secondary N) is 1. The minimum Gasteiger partial charge on any atom is -0.463 e. The van der Waals surface area contributed by atoms with Crippen molar-refractivity contribution in [3.63, 3.8) is 0 Å². The van der Waals surface area contributed by atoms with Gasteiger partial charge in [0.25, 0.3) is 5.56 Å². The van der Waals surface area contributed by atoms with Crippen LogP contribution in [0, 0.1) is 0 Å². The van der Waals surface area contributed by atoms with Crippen LogP contribution >= 0.6 is 0 Å². The van der Waals surface area contributed by atoms with E-state index in [2.05, 4.69) is 28.8 Å². The molecule has 0 aromatic carbocycles. The number of esters is 2. The zero-order valence-electron chi connectivity index (χ0n) is 35.8. The maximum atomic E-state index is 12.6. The molecule has 2 aromatic rings. The van der Waals surface area contributed by atoms with Crippen molar-refractivity contribution in [2.75, 3.05) is 18.9 Å². The van der Waals surface area contributed by atoms with Crippen LogP contribution in [0.3, 0.4) is 0 Å². The number of carbonyl (C=O) groups is 2. The van der Waals surface area contributed by atoms with Crippen molar-refractivity contribution < 1.29 is 23.8 Å². The fraction of sp³-hybridized carbons (Fsp3) is 0.844. The molecule has 3 N–H and O–H groups in total. The Morgan fingerprint density at radius 2 is 0.964 bits per heavy atom. The maximum Gasteiger partial charge on any atom is 0.305 e. The van der Waals surface area contributed by atoms with E-state index >= 15 is 0 Å². The average Bonchev–Trinajstić information content (AvgIpc) is 3.60. The van der Waals surface area contributed by atoms with Gasteiger partial charge in [0.2, 0.25) is 5.95 Å². The summed E-state index contributed by atoms with van der Waals surface area (Å²) in [6, 6.07) is 0. The Balaban J connectivity index is 1.61. The SMILES string of the molecule is CCCCCCCCCCCCCCCCCC(=O)OCC(COC(=O)CCCCCCCCCCCCCCCCC)OCn1cnc2c(=O)[nH]c(N)nc21. The number of aromatic amines is 1. The predicted molar refractivity (Wildman–Crippen MR) is 228 cm³/mol. The quantitative estimate of drug-likeness (QED) is 0.0498. The van der Waals surface area contributed by atoms with Gasteiger partial charge >= 0.3 is 11.9 Å². The molecular weight excluding hydrogens is 707 g/mol. The summed E-state index contributed by atoms with van der Waals surface area (Å²) in [5, 5.41) is 0. The molecule has 0 spiro atoms. The maximum absolute atomic E-state index is 12.6. The highest BCUT2D eigenvalue weighted by molar-refractivity contribution is 5.70. The van der Waals surface area contributed by atoms with Crippen LogP contribution in [0.2, 0.25) is 0 Å². The topological polar surface area (TPSA) is 151 Å².